The van der Waals surface area contributed by atoms with E-state index in [-0.39, 0.29) is 6.10 Å². The summed E-state index contributed by atoms with van der Waals surface area (Å²) in [6, 6.07) is 0. The van der Waals surface area contributed by atoms with Crippen LogP contribution in [-0.2, 0) is 14.3 Å². The number of carbonyl (C=O) groups excluding carboxylic acids is 1. The lowest BCUT2D eigenvalue weighted by Crippen LogP contribution is -2.44. The average Bonchev–Trinajstić information content (AvgIpc) is 3.04. The lowest BCUT2D eigenvalue weighted by molar-refractivity contribution is -0.185. The van der Waals surface area contributed by atoms with Crippen LogP contribution < -0.4 is 0 Å². The standard InChI is InChI=1S/C13H20O4/c14-11(12(15)7-3-1-4-8-12)17-13-9-5-2-6-10(13)16-13/h10,15H,1-9H2. The van der Waals surface area contributed by atoms with Gasteiger partial charge < -0.3 is 14.6 Å². The highest BCUT2D eigenvalue weighted by atomic mass is 16.8. The molecule has 0 amide bonds. The fourth-order valence-corrected chi connectivity index (χ4v) is 3.14. The van der Waals surface area contributed by atoms with Gasteiger partial charge in [0.1, 0.15) is 6.10 Å². The minimum absolute atomic E-state index is 0.0902. The van der Waals surface area contributed by atoms with Crippen molar-refractivity contribution in [1.82, 2.24) is 0 Å². The van der Waals surface area contributed by atoms with Crippen LogP contribution >= 0.6 is 0 Å². The lowest BCUT2D eigenvalue weighted by Gasteiger charge is -2.31. The van der Waals surface area contributed by atoms with E-state index in [1.807, 2.05) is 0 Å². The quantitative estimate of drug-likeness (QED) is 0.591. The molecular weight excluding hydrogens is 220 g/mol. The molecule has 17 heavy (non-hydrogen) atoms. The van der Waals surface area contributed by atoms with Gasteiger partial charge in [0.05, 0.1) is 0 Å². The zero-order valence-electron chi connectivity index (χ0n) is 10.1. The van der Waals surface area contributed by atoms with E-state index >= 15 is 0 Å². The van der Waals surface area contributed by atoms with Gasteiger partial charge in [-0.1, -0.05) is 12.8 Å². The number of epoxide rings is 1. The normalized spacial score (nSPS) is 39.2. The summed E-state index contributed by atoms with van der Waals surface area (Å²) in [6.07, 6.45) is 8.03. The third-order valence-electron chi connectivity index (χ3n) is 4.34. The summed E-state index contributed by atoms with van der Waals surface area (Å²) in [7, 11) is 0. The van der Waals surface area contributed by atoms with Gasteiger partial charge >= 0.3 is 5.97 Å². The van der Waals surface area contributed by atoms with E-state index in [0.29, 0.717) is 12.8 Å². The number of hydrogen-bond donors (Lipinski definition) is 1. The molecular formula is C13H20O4. The molecule has 3 aliphatic rings. The molecule has 1 heterocycles. The first-order valence-corrected chi connectivity index (χ1v) is 6.78. The molecule has 0 radical (unpaired) electrons. The highest BCUT2D eigenvalue weighted by Crippen LogP contribution is 2.49. The Morgan fingerprint density at radius 1 is 1.12 bits per heavy atom. The first-order chi connectivity index (χ1) is 8.15. The third kappa shape index (κ3) is 1.97. The van der Waals surface area contributed by atoms with E-state index in [0.717, 1.165) is 44.9 Å². The lowest BCUT2D eigenvalue weighted by atomic mass is 9.85. The van der Waals surface area contributed by atoms with Crippen LogP contribution in [0.5, 0.6) is 0 Å². The minimum atomic E-state index is -1.25. The van der Waals surface area contributed by atoms with Gasteiger partial charge in [-0.15, -0.1) is 0 Å². The van der Waals surface area contributed by atoms with E-state index in [9.17, 15) is 9.90 Å². The highest BCUT2D eigenvalue weighted by Gasteiger charge is 2.62. The van der Waals surface area contributed by atoms with Crippen molar-refractivity contribution in [3.05, 3.63) is 0 Å². The molecule has 2 saturated carbocycles. The molecule has 1 N–H and O–H groups in total. The number of hydrogen-bond acceptors (Lipinski definition) is 4. The molecule has 0 spiro atoms. The molecule has 0 aromatic rings. The monoisotopic (exact) mass is 240 g/mol. The molecule has 1 saturated heterocycles. The van der Waals surface area contributed by atoms with Crippen LogP contribution in [0.25, 0.3) is 0 Å². The summed E-state index contributed by atoms with van der Waals surface area (Å²) < 4.78 is 11.0. The predicted octanol–water partition coefficient (Wildman–Crippen LogP) is 1.89. The maximum absolute atomic E-state index is 12.1. The van der Waals surface area contributed by atoms with Crippen molar-refractivity contribution >= 4 is 5.97 Å². The van der Waals surface area contributed by atoms with Gasteiger partial charge in [-0.3, -0.25) is 0 Å². The first kappa shape index (κ1) is 11.5. The van der Waals surface area contributed by atoms with E-state index in [1.54, 1.807) is 0 Å². The maximum Gasteiger partial charge on any atom is 0.340 e. The van der Waals surface area contributed by atoms with Crippen molar-refractivity contribution < 1.29 is 19.4 Å². The number of ether oxygens (including phenoxy) is 2. The van der Waals surface area contributed by atoms with Crippen molar-refractivity contribution in [1.29, 1.82) is 0 Å². The summed E-state index contributed by atoms with van der Waals surface area (Å²) in [6.45, 7) is 0. The number of rotatable bonds is 2. The molecule has 96 valence electrons. The summed E-state index contributed by atoms with van der Waals surface area (Å²) in [5.41, 5.74) is -1.25. The van der Waals surface area contributed by atoms with Crippen LogP contribution in [-0.4, -0.2) is 28.6 Å². The predicted molar refractivity (Wildman–Crippen MR) is 60.2 cm³/mol. The largest absolute Gasteiger partial charge is 0.428 e. The summed E-state index contributed by atoms with van der Waals surface area (Å²) in [5.74, 6) is -1.12. The molecule has 0 aromatic heterocycles. The molecule has 4 heteroatoms. The van der Waals surface area contributed by atoms with Gasteiger partial charge in [0.15, 0.2) is 5.60 Å². The Labute approximate surface area is 101 Å². The van der Waals surface area contributed by atoms with Gasteiger partial charge in [0, 0.05) is 6.42 Å². The molecule has 3 fully saturated rings. The summed E-state index contributed by atoms with van der Waals surface area (Å²) in [5, 5.41) is 10.3. The SMILES string of the molecule is O=C(OC12CCCCC1O2)C1(O)CCCCC1. The maximum atomic E-state index is 12.1. The molecule has 2 atom stereocenters. The Bertz CT molecular complexity index is 321. The third-order valence-corrected chi connectivity index (χ3v) is 4.34. The number of carbonyl (C=O) groups is 1. The molecule has 0 bridgehead atoms. The van der Waals surface area contributed by atoms with Crippen LogP contribution in [0.15, 0.2) is 0 Å². The van der Waals surface area contributed by atoms with Gasteiger partial charge in [-0.05, 0) is 38.5 Å². The minimum Gasteiger partial charge on any atom is -0.428 e. The summed E-state index contributed by atoms with van der Waals surface area (Å²) in [4.78, 5) is 12.1. The fraction of sp³-hybridized carbons (Fsp3) is 0.923. The van der Waals surface area contributed by atoms with Gasteiger partial charge in [-0.25, -0.2) is 4.79 Å². The molecule has 3 rings (SSSR count). The summed E-state index contributed by atoms with van der Waals surface area (Å²) >= 11 is 0. The Morgan fingerprint density at radius 2 is 1.82 bits per heavy atom. The van der Waals surface area contributed by atoms with Crippen LogP contribution in [0, 0.1) is 0 Å². The topological polar surface area (TPSA) is 59.1 Å². The zero-order chi connectivity index (χ0) is 11.9. The number of aliphatic hydroxyl groups is 1. The van der Waals surface area contributed by atoms with E-state index in [1.165, 1.54) is 0 Å². The smallest absolute Gasteiger partial charge is 0.340 e. The van der Waals surface area contributed by atoms with Crippen LogP contribution in [0.4, 0.5) is 0 Å². The number of fused-ring (bicyclic) bond motifs is 1. The zero-order valence-corrected chi connectivity index (χ0v) is 10.1. The van der Waals surface area contributed by atoms with Gasteiger partial charge in [0.2, 0.25) is 5.79 Å². The molecule has 2 unspecified atom stereocenters. The molecule has 1 aliphatic heterocycles. The second-order valence-electron chi connectivity index (χ2n) is 5.65. The van der Waals surface area contributed by atoms with Crippen molar-refractivity contribution in [3.63, 3.8) is 0 Å². The Balaban J connectivity index is 1.63. The first-order valence-electron chi connectivity index (χ1n) is 6.78. The van der Waals surface area contributed by atoms with Crippen LogP contribution in [0.2, 0.25) is 0 Å². The van der Waals surface area contributed by atoms with Gasteiger partial charge in [-0.2, -0.15) is 0 Å². The van der Waals surface area contributed by atoms with Crippen molar-refractivity contribution in [2.75, 3.05) is 0 Å². The molecule has 4 nitrogen and oxygen atoms in total. The Kier molecular flexibility index (Phi) is 2.67. The van der Waals surface area contributed by atoms with Crippen molar-refractivity contribution in [2.24, 2.45) is 0 Å². The van der Waals surface area contributed by atoms with E-state index in [2.05, 4.69) is 0 Å². The molecule has 2 aliphatic carbocycles. The molecule has 0 aromatic carbocycles. The average molecular weight is 240 g/mol. The second kappa shape index (κ2) is 3.95. The van der Waals surface area contributed by atoms with Crippen LogP contribution in [0.3, 0.4) is 0 Å². The highest BCUT2D eigenvalue weighted by molar-refractivity contribution is 5.80. The Hall–Kier alpha value is -0.610. The second-order valence-corrected chi connectivity index (χ2v) is 5.65. The van der Waals surface area contributed by atoms with E-state index < -0.39 is 17.4 Å². The fourth-order valence-electron chi connectivity index (χ4n) is 3.14. The van der Waals surface area contributed by atoms with E-state index in [4.69, 9.17) is 9.47 Å². The number of esters is 1. The van der Waals surface area contributed by atoms with Crippen molar-refractivity contribution in [3.8, 4) is 0 Å². The Morgan fingerprint density at radius 3 is 2.53 bits per heavy atom. The van der Waals surface area contributed by atoms with Gasteiger partial charge in [0.25, 0.3) is 0 Å². The van der Waals surface area contributed by atoms with Crippen molar-refractivity contribution in [2.45, 2.75) is 75.3 Å². The van der Waals surface area contributed by atoms with Crippen LogP contribution in [0.1, 0.15) is 57.8 Å².